The van der Waals surface area contributed by atoms with Crippen LogP contribution < -0.4 is 16.4 Å². The van der Waals surface area contributed by atoms with Gasteiger partial charge in [-0.3, -0.25) is 4.79 Å². The van der Waals surface area contributed by atoms with E-state index in [2.05, 4.69) is 0 Å². The van der Waals surface area contributed by atoms with E-state index in [1.54, 1.807) is 32.4 Å². The van der Waals surface area contributed by atoms with E-state index in [4.69, 9.17) is 20.9 Å². The Kier molecular flexibility index (Phi) is 6.11. The van der Waals surface area contributed by atoms with Gasteiger partial charge in [-0.1, -0.05) is 6.07 Å². The van der Waals surface area contributed by atoms with Gasteiger partial charge in [-0.05, 0) is 12.1 Å². The molecule has 19 heavy (non-hydrogen) atoms. The summed E-state index contributed by atoms with van der Waals surface area (Å²) in [5.74, 6) is -0.498. The normalized spacial score (nSPS) is 10.4. The van der Waals surface area contributed by atoms with Crippen molar-refractivity contribution in [3.05, 3.63) is 23.8 Å². The van der Waals surface area contributed by atoms with E-state index in [0.29, 0.717) is 43.2 Å². The average Bonchev–Trinajstić information content (AvgIpc) is 2.39. The van der Waals surface area contributed by atoms with E-state index >= 15 is 0 Å². The average molecular weight is 267 g/mol. The molecule has 0 aliphatic rings. The lowest BCUT2D eigenvalue weighted by atomic mass is 10.1. The van der Waals surface area contributed by atoms with Crippen molar-refractivity contribution in [3.63, 3.8) is 0 Å². The molecule has 0 bridgehead atoms. The number of anilines is 2. The van der Waals surface area contributed by atoms with Gasteiger partial charge in [-0.25, -0.2) is 0 Å². The Morgan fingerprint density at radius 2 is 1.79 bits per heavy atom. The number of amides is 1. The van der Waals surface area contributed by atoms with Crippen LogP contribution in [0.25, 0.3) is 0 Å². The number of nitrogens with zero attached hydrogens (tertiary/aromatic N) is 1. The summed E-state index contributed by atoms with van der Waals surface area (Å²) in [6.07, 6.45) is 0. The van der Waals surface area contributed by atoms with Crippen LogP contribution in [0.3, 0.4) is 0 Å². The number of primary amides is 1. The molecule has 0 fully saturated rings. The molecule has 1 amide bonds. The highest BCUT2D eigenvalue weighted by molar-refractivity contribution is 6.01. The van der Waals surface area contributed by atoms with Crippen LogP contribution in [0, 0.1) is 0 Å². The van der Waals surface area contributed by atoms with Gasteiger partial charge in [0.1, 0.15) is 0 Å². The van der Waals surface area contributed by atoms with Crippen molar-refractivity contribution in [2.45, 2.75) is 0 Å². The number of carbonyl (C=O) groups excluding carboxylic acids is 1. The van der Waals surface area contributed by atoms with Crippen molar-refractivity contribution < 1.29 is 14.3 Å². The molecule has 1 rings (SSSR count). The first kappa shape index (κ1) is 15.3. The van der Waals surface area contributed by atoms with Crippen molar-refractivity contribution in [1.29, 1.82) is 0 Å². The molecule has 0 aliphatic carbocycles. The summed E-state index contributed by atoms with van der Waals surface area (Å²) in [7, 11) is 3.25. The van der Waals surface area contributed by atoms with Crippen LogP contribution in [0.1, 0.15) is 10.4 Å². The lowest BCUT2D eigenvalue weighted by molar-refractivity contribution is 0.100. The fraction of sp³-hybridized carbons (Fsp3) is 0.462. The minimum Gasteiger partial charge on any atom is -0.397 e. The maximum Gasteiger partial charge on any atom is 0.250 e. The van der Waals surface area contributed by atoms with E-state index in [9.17, 15) is 4.79 Å². The predicted molar refractivity (Wildman–Crippen MR) is 75.3 cm³/mol. The molecule has 4 N–H and O–H groups in total. The zero-order valence-corrected chi connectivity index (χ0v) is 11.4. The highest BCUT2D eigenvalue weighted by Crippen LogP contribution is 2.27. The number of nitrogen functional groups attached to an aromatic ring is 1. The summed E-state index contributed by atoms with van der Waals surface area (Å²) in [6.45, 7) is 2.26. The first-order chi connectivity index (χ1) is 9.11. The van der Waals surface area contributed by atoms with E-state index in [1.807, 2.05) is 4.90 Å². The lowest BCUT2D eigenvalue weighted by Crippen LogP contribution is -2.33. The number of rotatable bonds is 8. The number of para-hydroxylation sites is 1. The largest absolute Gasteiger partial charge is 0.397 e. The molecule has 0 aliphatic heterocycles. The summed E-state index contributed by atoms with van der Waals surface area (Å²) >= 11 is 0. The number of ether oxygens (including phenoxy) is 2. The Morgan fingerprint density at radius 3 is 2.26 bits per heavy atom. The molecule has 0 aromatic heterocycles. The summed E-state index contributed by atoms with van der Waals surface area (Å²) in [4.78, 5) is 13.5. The van der Waals surface area contributed by atoms with Gasteiger partial charge in [0.15, 0.2) is 0 Å². The highest BCUT2D eigenvalue weighted by atomic mass is 16.5. The zero-order valence-electron chi connectivity index (χ0n) is 11.4. The van der Waals surface area contributed by atoms with Crippen molar-refractivity contribution in [3.8, 4) is 0 Å². The quantitative estimate of drug-likeness (QED) is 0.668. The third kappa shape index (κ3) is 4.11. The fourth-order valence-electron chi connectivity index (χ4n) is 1.85. The van der Waals surface area contributed by atoms with Crippen LogP contribution in [-0.2, 0) is 9.47 Å². The number of hydrogen-bond donors (Lipinski definition) is 2. The Labute approximate surface area is 113 Å². The molecule has 0 unspecified atom stereocenters. The van der Waals surface area contributed by atoms with Gasteiger partial charge in [0.25, 0.3) is 5.91 Å². The molecular formula is C13H21N3O3. The van der Waals surface area contributed by atoms with E-state index in [0.717, 1.165) is 0 Å². The topological polar surface area (TPSA) is 90.8 Å². The van der Waals surface area contributed by atoms with Crippen LogP contribution in [0.5, 0.6) is 0 Å². The van der Waals surface area contributed by atoms with E-state index in [1.165, 1.54) is 0 Å². The fourth-order valence-corrected chi connectivity index (χ4v) is 1.85. The molecule has 1 aromatic rings. The van der Waals surface area contributed by atoms with Crippen molar-refractivity contribution in [2.24, 2.45) is 5.73 Å². The molecule has 1 aromatic carbocycles. The van der Waals surface area contributed by atoms with Crippen LogP contribution in [-0.4, -0.2) is 46.4 Å². The Hall–Kier alpha value is -1.79. The number of hydrogen-bond acceptors (Lipinski definition) is 5. The van der Waals surface area contributed by atoms with Gasteiger partial charge in [0.2, 0.25) is 0 Å². The first-order valence-corrected chi connectivity index (χ1v) is 6.03. The second-order valence-corrected chi connectivity index (χ2v) is 4.08. The van der Waals surface area contributed by atoms with Crippen LogP contribution >= 0.6 is 0 Å². The summed E-state index contributed by atoms with van der Waals surface area (Å²) < 4.78 is 10.1. The van der Waals surface area contributed by atoms with Gasteiger partial charge >= 0.3 is 0 Å². The second-order valence-electron chi connectivity index (χ2n) is 4.08. The SMILES string of the molecule is COCCN(CCOC)c1c(N)cccc1C(N)=O. The van der Waals surface area contributed by atoms with Crippen molar-refractivity contribution in [1.82, 2.24) is 0 Å². The Balaban J connectivity index is 3.08. The number of carbonyl (C=O) groups is 1. The molecule has 6 nitrogen and oxygen atoms in total. The molecule has 0 spiro atoms. The number of nitrogens with two attached hydrogens (primary N) is 2. The third-order valence-electron chi connectivity index (χ3n) is 2.78. The highest BCUT2D eigenvalue weighted by Gasteiger charge is 2.17. The molecule has 6 heteroatoms. The third-order valence-corrected chi connectivity index (χ3v) is 2.78. The standard InChI is InChI=1S/C13H21N3O3/c1-18-8-6-16(7-9-19-2)12-10(13(15)17)4-3-5-11(12)14/h3-5H,6-9,14H2,1-2H3,(H2,15,17). The molecule has 0 radical (unpaired) electrons. The number of methoxy groups -OCH3 is 2. The number of benzene rings is 1. The van der Waals surface area contributed by atoms with Crippen LogP contribution in [0.2, 0.25) is 0 Å². The van der Waals surface area contributed by atoms with Gasteiger partial charge < -0.3 is 25.8 Å². The van der Waals surface area contributed by atoms with Crippen LogP contribution in [0.4, 0.5) is 11.4 Å². The van der Waals surface area contributed by atoms with E-state index in [-0.39, 0.29) is 0 Å². The van der Waals surface area contributed by atoms with Gasteiger partial charge in [-0.15, -0.1) is 0 Å². The molecule has 106 valence electrons. The summed E-state index contributed by atoms with van der Waals surface area (Å²) in [5, 5.41) is 0. The molecular weight excluding hydrogens is 246 g/mol. The zero-order chi connectivity index (χ0) is 14.3. The van der Waals surface area contributed by atoms with Crippen LogP contribution in [0.15, 0.2) is 18.2 Å². The van der Waals surface area contributed by atoms with Gasteiger partial charge in [0, 0.05) is 27.3 Å². The van der Waals surface area contributed by atoms with Gasteiger partial charge in [-0.2, -0.15) is 0 Å². The summed E-state index contributed by atoms with van der Waals surface area (Å²) in [5.41, 5.74) is 12.9. The lowest BCUT2D eigenvalue weighted by Gasteiger charge is -2.27. The predicted octanol–water partition coefficient (Wildman–Crippen LogP) is 0.467. The second kappa shape index (κ2) is 7.60. The van der Waals surface area contributed by atoms with Crippen molar-refractivity contribution in [2.75, 3.05) is 51.2 Å². The smallest absolute Gasteiger partial charge is 0.250 e. The maximum absolute atomic E-state index is 11.5. The molecule has 0 heterocycles. The van der Waals surface area contributed by atoms with Gasteiger partial charge in [0.05, 0.1) is 30.2 Å². The molecule has 0 saturated heterocycles. The minimum atomic E-state index is -0.498. The monoisotopic (exact) mass is 267 g/mol. The minimum absolute atomic E-state index is 0.409. The maximum atomic E-state index is 11.5. The first-order valence-electron chi connectivity index (χ1n) is 6.03. The van der Waals surface area contributed by atoms with Crippen molar-refractivity contribution >= 4 is 17.3 Å². The molecule has 0 saturated carbocycles. The van der Waals surface area contributed by atoms with E-state index < -0.39 is 5.91 Å². The Bertz CT molecular complexity index is 416. The summed E-state index contributed by atoms with van der Waals surface area (Å²) in [6, 6.07) is 5.12. The Morgan fingerprint density at radius 1 is 1.21 bits per heavy atom. The molecule has 0 atom stereocenters.